The predicted molar refractivity (Wildman–Crippen MR) is 55.3 cm³/mol. The van der Waals surface area contributed by atoms with E-state index in [1.54, 1.807) is 0 Å². The summed E-state index contributed by atoms with van der Waals surface area (Å²) in [6.45, 7) is 0. The highest BCUT2D eigenvalue weighted by Gasteiger charge is 2.30. The van der Waals surface area contributed by atoms with Crippen molar-refractivity contribution in [3.05, 3.63) is 41.4 Å². The van der Waals surface area contributed by atoms with E-state index in [1.807, 2.05) is 0 Å². The Hall–Kier alpha value is -1.69. The second-order valence-corrected chi connectivity index (χ2v) is 3.49. The number of halogens is 4. The quantitative estimate of drug-likeness (QED) is 0.789. The standard InChI is InChI=1S/C10H5ClF3N3/c11-9-16-5-15-8(17-9)6-1-3-7(4-2-6)10(12,13)14/h1-5H. The molecule has 7 heteroatoms. The lowest BCUT2D eigenvalue weighted by Crippen LogP contribution is -2.04. The molecule has 1 aromatic carbocycles. The number of aromatic nitrogens is 3. The van der Waals surface area contributed by atoms with Gasteiger partial charge in [0.25, 0.3) is 0 Å². The summed E-state index contributed by atoms with van der Waals surface area (Å²) in [4.78, 5) is 11.2. The van der Waals surface area contributed by atoms with E-state index in [2.05, 4.69) is 15.0 Å². The summed E-state index contributed by atoms with van der Waals surface area (Å²) in [5.41, 5.74) is -0.274. The molecule has 2 aromatic rings. The van der Waals surface area contributed by atoms with Crippen molar-refractivity contribution >= 4 is 11.6 Å². The van der Waals surface area contributed by atoms with Gasteiger partial charge in [0.05, 0.1) is 5.56 Å². The van der Waals surface area contributed by atoms with Crippen LogP contribution in [0.2, 0.25) is 5.28 Å². The van der Waals surface area contributed by atoms with Gasteiger partial charge in [-0.05, 0) is 23.7 Å². The number of rotatable bonds is 1. The zero-order chi connectivity index (χ0) is 12.5. The third-order valence-corrected chi connectivity index (χ3v) is 2.19. The van der Waals surface area contributed by atoms with Crippen LogP contribution >= 0.6 is 11.6 Å². The highest BCUT2D eigenvalue weighted by atomic mass is 35.5. The van der Waals surface area contributed by atoms with Crippen LogP contribution < -0.4 is 0 Å². The molecule has 0 aliphatic carbocycles. The maximum atomic E-state index is 12.3. The fraction of sp³-hybridized carbons (Fsp3) is 0.100. The molecule has 0 atom stereocenters. The maximum Gasteiger partial charge on any atom is 0.416 e. The molecule has 0 unspecified atom stereocenters. The SMILES string of the molecule is FC(F)(F)c1ccc(-c2ncnc(Cl)n2)cc1. The van der Waals surface area contributed by atoms with Crippen LogP contribution in [0.1, 0.15) is 5.56 Å². The molecule has 3 nitrogen and oxygen atoms in total. The van der Waals surface area contributed by atoms with Crippen LogP contribution in [-0.4, -0.2) is 15.0 Å². The number of alkyl halides is 3. The van der Waals surface area contributed by atoms with Gasteiger partial charge in [-0.15, -0.1) is 0 Å². The number of hydrogen-bond donors (Lipinski definition) is 0. The van der Waals surface area contributed by atoms with Crippen molar-refractivity contribution in [3.63, 3.8) is 0 Å². The van der Waals surface area contributed by atoms with Gasteiger partial charge < -0.3 is 0 Å². The van der Waals surface area contributed by atoms with E-state index < -0.39 is 11.7 Å². The van der Waals surface area contributed by atoms with Gasteiger partial charge in [0, 0.05) is 5.56 Å². The first-order valence-corrected chi connectivity index (χ1v) is 4.87. The van der Waals surface area contributed by atoms with E-state index in [9.17, 15) is 13.2 Å². The number of nitrogens with zero attached hydrogens (tertiary/aromatic N) is 3. The lowest BCUT2D eigenvalue weighted by molar-refractivity contribution is -0.137. The molecule has 0 radical (unpaired) electrons. The third kappa shape index (κ3) is 2.71. The van der Waals surface area contributed by atoms with Gasteiger partial charge in [-0.25, -0.2) is 9.97 Å². The van der Waals surface area contributed by atoms with Crippen molar-refractivity contribution in [2.45, 2.75) is 6.18 Å². The molecule has 0 bridgehead atoms. The summed E-state index contributed by atoms with van der Waals surface area (Å²) in [5, 5.41) is -0.00472. The summed E-state index contributed by atoms with van der Waals surface area (Å²) >= 11 is 5.56. The molecule has 0 saturated carbocycles. The van der Waals surface area contributed by atoms with Crippen LogP contribution in [0.25, 0.3) is 11.4 Å². The first-order valence-electron chi connectivity index (χ1n) is 4.49. The lowest BCUT2D eigenvalue weighted by Gasteiger charge is -2.06. The van der Waals surface area contributed by atoms with Crippen molar-refractivity contribution < 1.29 is 13.2 Å². The van der Waals surface area contributed by atoms with E-state index in [-0.39, 0.29) is 11.1 Å². The fourth-order valence-electron chi connectivity index (χ4n) is 1.22. The monoisotopic (exact) mass is 259 g/mol. The van der Waals surface area contributed by atoms with E-state index >= 15 is 0 Å². The Morgan fingerprint density at radius 2 is 1.65 bits per heavy atom. The molecule has 17 heavy (non-hydrogen) atoms. The molecule has 0 amide bonds. The predicted octanol–water partition coefficient (Wildman–Crippen LogP) is 3.21. The Labute approximate surface area is 99.3 Å². The van der Waals surface area contributed by atoms with Crippen molar-refractivity contribution in [1.82, 2.24) is 15.0 Å². The molecule has 0 aliphatic rings. The van der Waals surface area contributed by atoms with Crippen LogP contribution in [0.5, 0.6) is 0 Å². The van der Waals surface area contributed by atoms with Crippen molar-refractivity contribution in [2.75, 3.05) is 0 Å². The number of hydrogen-bond acceptors (Lipinski definition) is 3. The summed E-state index contributed by atoms with van der Waals surface area (Å²) < 4.78 is 37.0. The summed E-state index contributed by atoms with van der Waals surface area (Å²) in [7, 11) is 0. The van der Waals surface area contributed by atoms with Gasteiger partial charge >= 0.3 is 6.18 Å². The Kier molecular flexibility index (Phi) is 2.97. The fourth-order valence-corrected chi connectivity index (χ4v) is 1.35. The Morgan fingerprint density at radius 1 is 1.00 bits per heavy atom. The van der Waals surface area contributed by atoms with Crippen LogP contribution in [-0.2, 0) is 6.18 Å². The average Bonchev–Trinajstić information content (AvgIpc) is 2.28. The molecule has 2 rings (SSSR count). The Bertz CT molecular complexity index is 525. The average molecular weight is 260 g/mol. The van der Waals surface area contributed by atoms with Crippen molar-refractivity contribution in [3.8, 4) is 11.4 Å². The maximum absolute atomic E-state index is 12.3. The minimum Gasteiger partial charge on any atom is -0.216 e. The van der Waals surface area contributed by atoms with Gasteiger partial charge in [0.1, 0.15) is 6.33 Å². The normalized spacial score (nSPS) is 11.5. The first-order chi connectivity index (χ1) is 7.97. The molecule has 0 fully saturated rings. The Morgan fingerprint density at radius 3 is 2.18 bits per heavy atom. The topological polar surface area (TPSA) is 38.7 Å². The lowest BCUT2D eigenvalue weighted by atomic mass is 10.1. The molecular weight excluding hydrogens is 255 g/mol. The number of benzene rings is 1. The van der Waals surface area contributed by atoms with Gasteiger partial charge in [-0.3, -0.25) is 0 Å². The zero-order valence-corrected chi connectivity index (χ0v) is 9.00. The summed E-state index contributed by atoms with van der Waals surface area (Å²) in [6, 6.07) is 4.50. The smallest absolute Gasteiger partial charge is 0.216 e. The van der Waals surface area contributed by atoms with Crippen LogP contribution in [0.3, 0.4) is 0 Å². The largest absolute Gasteiger partial charge is 0.416 e. The highest BCUT2D eigenvalue weighted by Crippen LogP contribution is 2.30. The third-order valence-electron chi connectivity index (χ3n) is 2.01. The molecular formula is C10H5ClF3N3. The van der Waals surface area contributed by atoms with E-state index in [4.69, 9.17) is 11.6 Å². The molecule has 1 heterocycles. The molecule has 1 aromatic heterocycles. The van der Waals surface area contributed by atoms with E-state index in [1.165, 1.54) is 18.5 Å². The molecule has 0 spiro atoms. The second-order valence-electron chi connectivity index (χ2n) is 3.15. The molecule has 0 aliphatic heterocycles. The second kappa shape index (κ2) is 4.29. The van der Waals surface area contributed by atoms with Crippen molar-refractivity contribution in [1.29, 1.82) is 0 Å². The van der Waals surface area contributed by atoms with Crippen LogP contribution in [0.15, 0.2) is 30.6 Å². The minimum absolute atomic E-state index is 0.00472. The summed E-state index contributed by atoms with van der Waals surface area (Å²) in [6.07, 6.45) is -3.16. The van der Waals surface area contributed by atoms with E-state index in [0.717, 1.165) is 12.1 Å². The molecule has 0 saturated heterocycles. The van der Waals surface area contributed by atoms with E-state index in [0.29, 0.717) is 5.56 Å². The van der Waals surface area contributed by atoms with Gasteiger partial charge in [0.15, 0.2) is 5.82 Å². The highest BCUT2D eigenvalue weighted by molar-refractivity contribution is 6.28. The van der Waals surface area contributed by atoms with Crippen LogP contribution in [0.4, 0.5) is 13.2 Å². The van der Waals surface area contributed by atoms with Gasteiger partial charge in [-0.1, -0.05) is 12.1 Å². The Balaban J connectivity index is 2.36. The zero-order valence-electron chi connectivity index (χ0n) is 8.24. The van der Waals surface area contributed by atoms with Gasteiger partial charge in [-0.2, -0.15) is 18.2 Å². The van der Waals surface area contributed by atoms with Crippen molar-refractivity contribution in [2.24, 2.45) is 0 Å². The molecule has 88 valence electrons. The molecule has 0 N–H and O–H groups in total. The van der Waals surface area contributed by atoms with Crippen LogP contribution in [0, 0.1) is 0 Å². The van der Waals surface area contributed by atoms with Gasteiger partial charge in [0.2, 0.25) is 5.28 Å². The first kappa shape index (κ1) is 11.8. The minimum atomic E-state index is -4.35. The summed E-state index contributed by atoms with van der Waals surface area (Å²) in [5.74, 6) is 0.235.